The summed E-state index contributed by atoms with van der Waals surface area (Å²) < 4.78 is 22.8. The van der Waals surface area contributed by atoms with E-state index in [1.165, 1.54) is 4.90 Å². The van der Waals surface area contributed by atoms with E-state index in [1.54, 1.807) is 37.2 Å². The van der Waals surface area contributed by atoms with E-state index in [-0.39, 0.29) is 42.4 Å². The number of rotatable bonds is 7. The fraction of sp³-hybridized carbons (Fsp3) is 0.639. The Kier molecular flexibility index (Phi) is 8.57. The second-order valence-corrected chi connectivity index (χ2v) is 14.8. The molecule has 1 amide bonds. The number of cyclic esters (lactones) is 1. The summed E-state index contributed by atoms with van der Waals surface area (Å²) in [6.45, 7) is 9.58. The molecule has 48 heavy (non-hydrogen) atoms. The first-order valence-electron chi connectivity index (χ1n) is 17.2. The number of nitrogens with zero attached hydrogens (tertiary/aromatic N) is 3. The van der Waals surface area contributed by atoms with Gasteiger partial charge in [0.15, 0.2) is 6.04 Å². The molecule has 7 rings (SSSR count). The van der Waals surface area contributed by atoms with E-state index >= 15 is 0 Å². The number of fused-ring (bicyclic) bond motifs is 2. The van der Waals surface area contributed by atoms with Gasteiger partial charge in [-0.1, -0.05) is 32.1 Å². The van der Waals surface area contributed by atoms with Crippen LogP contribution < -0.4 is 0 Å². The molecule has 3 saturated heterocycles. The largest absolute Gasteiger partial charge is 0.464 e. The molecule has 0 radical (unpaired) electrons. The smallest absolute Gasteiger partial charge is 0.343 e. The van der Waals surface area contributed by atoms with Gasteiger partial charge in [0.25, 0.3) is 5.91 Å². The summed E-state index contributed by atoms with van der Waals surface area (Å²) in [6.07, 6.45) is 13.8. The first-order chi connectivity index (χ1) is 23.0. The SMILES string of the molecule is CCOC(=O)C1C(=O)N2C=C(/C=C3C=C(/C=C/C4C5(CO5)C(N5CCOCC5)CC5[C@]4(C)CC[C@@H](O)[C@@]5(C)CO)C(=O)O\3)C=CC2N1C. The average molecular weight is 666 g/mol. The number of aliphatic hydroxyl groups excluding tert-OH is 2. The number of likely N-dealkylation sites (N-methyl/N-ethyl adjacent to an activating group) is 1. The Morgan fingerprint density at radius 3 is 2.65 bits per heavy atom. The van der Waals surface area contributed by atoms with Crippen molar-refractivity contribution >= 4 is 17.8 Å². The van der Waals surface area contributed by atoms with Gasteiger partial charge in [0.05, 0.1) is 44.7 Å². The number of hydrogen-bond donors (Lipinski definition) is 2. The molecule has 2 N–H and O–H groups in total. The summed E-state index contributed by atoms with van der Waals surface area (Å²) in [5.74, 6) is -1.11. The Labute approximate surface area is 281 Å². The minimum absolute atomic E-state index is 0.0284. The van der Waals surface area contributed by atoms with Crippen LogP contribution in [0.4, 0.5) is 0 Å². The highest BCUT2D eigenvalue weighted by Gasteiger charge is 2.71. The molecule has 2 saturated carbocycles. The summed E-state index contributed by atoms with van der Waals surface area (Å²) in [7, 11) is 1.71. The van der Waals surface area contributed by atoms with Crippen LogP contribution in [0.15, 0.2) is 59.6 Å². The third kappa shape index (κ3) is 5.23. The van der Waals surface area contributed by atoms with Crippen LogP contribution >= 0.6 is 0 Å². The quantitative estimate of drug-likeness (QED) is 0.233. The molecular formula is C36H47N3O9. The normalized spacial score (nSPS) is 42.2. The van der Waals surface area contributed by atoms with Crippen LogP contribution in [-0.2, 0) is 33.3 Å². The molecule has 5 aliphatic heterocycles. The first-order valence-corrected chi connectivity index (χ1v) is 17.2. The van der Waals surface area contributed by atoms with Gasteiger partial charge in [-0.05, 0) is 68.4 Å². The van der Waals surface area contributed by atoms with E-state index in [9.17, 15) is 24.6 Å². The van der Waals surface area contributed by atoms with Crippen LogP contribution in [0.1, 0.15) is 40.0 Å². The molecule has 6 unspecified atom stereocenters. The van der Waals surface area contributed by atoms with E-state index in [1.807, 2.05) is 25.2 Å². The number of hydrogen-bond acceptors (Lipinski definition) is 11. The van der Waals surface area contributed by atoms with Crippen molar-refractivity contribution in [1.82, 2.24) is 14.7 Å². The van der Waals surface area contributed by atoms with Crippen molar-refractivity contribution in [2.75, 3.05) is 53.2 Å². The second kappa shape index (κ2) is 12.3. The summed E-state index contributed by atoms with van der Waals surface area (Å²) >= 11 is 0. The van der Waals surface area contributed by atoms with Gasteiger partial charge in [-0.25, -0.2) is 9.59 Å². The third-order valence-electron chi connectivity index (χ3n) is 12.3. The van der Waals surface area contributed by atoms with Gasteiger partial charge in [0.2, 0.25) is 0 Å². The van der Waals surface area contributed by atoms with E-state index < -0.39 is 41.3 Å². The maximum absolute atomic E-state index is 13.1. The molecular weight excluding hydrogens is 618 g/mol. The standard InChI is InChI=1S/C36H47N3O9/c1-5-46-33(44)30-31(42)39-19-22(6-9-29(39)37(30)4)16-24-17-23(32(43)48-24)7-8-25-34(2)11-10-28(41)35(3,20-40)26(34)18-27(36(25)21-47-36)38-12-14-45-15-13-38/h6-9,16-17,19,25-30,40-41H,5,10-15,18,20-21H2,1-4H3/b8-7+,24-16+/t25?,26?,27?,28-,29?,30?,34-,35+,36?/m1/s1. The van der Waals surface area contributed by atoms with Crippen molar-refractivity contribution in [3.05, 3.63) is 59.6 Å². The zero-order valence-corrected chi connectivity index (χ0v) is 28.2. The van der Waals surface area contributed by atoms with Gasteiger partial charge in [0.1, 0.15) is 17.5 Å². The predicted octanol–water partition coefficient (Wildman–Crippen LogP) is 1.66. The Morgan fingerprint density at radius 1 is 1.21 bits per heavy atom. The fourth-order valence-electron chi connectivity index (χ4n) is 9.53. The Bertz CT molecular complexity index is 1510. The summed E-state index contributed by atoms with van der Waals surface area (Å²) in [4.78, 5) is 44.3. The van der Waals surface area contributed by atoms with Crippen molar-refractivity contribution in [3.8, 4) is 0 Å². The Hall–Kier alpha value is -3.13. The molecule has 5 fully saturated rings. The maximum atomic E-state index is 13.1. The lowest BCUT2D eigenvalue weighted by molar-refractivity contribution is -0.186. The van der Waals surface area contributed by atoms with E-state index in [2.05, 4.69) is 17.9 Å². The number of amides is 1. The van der Waals surface area contributed by atoms with E-state index in [4.69, 9.17) is 18.9 Å². The van der Waals surface area contributed by atoms with Gasteiger partial charge in [0, 0.05) is 36.7 Å². The minimum atomic E-state index is -1.02. The summed E-state index contributed by atoms with van der Waals surface area (Å²) in [5.41, 5.74) is -0.315. The monoisotopic (exact) mass is 665 g/mol. The van der Waals surface area contributed by atoms with Gasteiger partial charge in [-0.2, -0.15) is 0 Å². The molecule has 0 bridgehead atoms. The van der Waals surface area contributed by atoms with Gasteiger partial charge >= 0.3 is 11.9 Å². The van der Waals surface area contributed by atoms with E-state index in [0.717, 1.165) is 25.9 Å². The molecule has 12 heteroatoms. The second-order valence-electron chi connectivity index (χ2n) is 14.8. The maximum Gasteiger partial charge on any atom is 0.343 e. The first kappa shape index (κ1) is 33.4. The number of esters is 2. The van der Waals surface area contributed by atoms with Gasteiger partial charge in [-0.3, -0.25) is 19.5 Å². The Morgan fingerprint density at radius 2 is 1.96 bits per heavy atom. The molecule has 12 nitrogen and oxygen atoms in total. The number of morpholine rings is 1. The molecule has 9 atom stereocenters. The van der Waals surface area contributed by atoms with Crippen molar-refractivity contribution in [3.63, 3.8) is 0 Å². The van der Waals surface area contributed by atoms with Crippen molar-refractivity contribution in [2.45, 2.75) is 70.0 Å². The number of ether oxygens (including phenoxy) is 4. The molecule has 2 aliphatic carbocycles. The van der Waals surface area contributed by atoms with Crippen LogP contribution in [0.3, 0.4) is 0 Å². The molecule has 0 aromatic rings. The van der Waals surface area contributed by atoms with Crippen molar-refractivity contribution in [2.24, 2.45) is 22.7 Å². The zero-order valence-electron chi connectivity index (χ0n) is 28.2. The minimum Gasteiger partial charge on any atom is -0.464 e. The van der Waals surface area contributed by atoms with Crippen molar-refractivity contribution < 1.29 is 43.5 Å². The van der Waals surface area contributed by atoms with E-state index in [0.29, 0.717) is 43.1 Å². The highest BCUT2D eigenvalue weighted by molar-refractivity contribution is 6.04. The third-order valence-corrected chi connectivity index (χ3v) is 12.3. The molecule has 1 spiro atoms. The summed E-state index contributed by atoms with van der Waals surface area (Å²) in [5, 5.41) is 21.8. The Balaban J connectivity index is 1.16. The van der Waals surface area contributed by atoms with Crippen LogP contribution in [0.25, 0.3) is 0 Å². The molecule has 0 aromatic carbocycles. The molecule has 260 valence electrons. The van der Waals surface area contributed by atoms with Crippen LogP contribution in [0.5, 0.6) is 0 Å². The van der Waals surface area contributed by atoms with Gasteiger partial charge < -0.3 is 29.2 Å². The highest BCUT2D eigenvalue weighted by atomic mass is 16.6. The topological polar surface area (TPSA) is 142 Å². The number of aliphatic hydroxyl groups is 2. The summed E-state index contributed by atoms with van der Waals surface area (Å²) in [6, 6.07) is -0.927. The lowest BCUT2D eigenvalue weighted by Gasteiger charge is -2.63. The average Bonchev–Trinajstić information content (AvgIpc) is 3.71. The molecule has 7 aliphatic rings. The predicted molar refractivity (Wildman–Crippen MR) is 172 cm³/mol. The highest BCUT2D eigenvalue weighted by Crippen LogP contribution is 2.66. The van der Waals surface area contributed by atoms with Crippen LogP contribution in [-0.4, -0.2) is 126 Å². The lowest BCUT2D eigenvalue weighted by atomic mass is 9.44. The van der Waals surface area contributed by atoms with Crippen LogP contribution in [0, 0.1) is 22.7 Å². The fourth-order valence-corrected chi connectivity index (χ4v) is 9.53. The number of epoxide rings is 1. The number of carbonyl (C=O) groups is 3. The van der Waals surface area contributed by atoms with Crippen LogP contribution in [0.2, 0.25) is 0 Å². The number of carbonyl (C=O) groups excluding carboxylic acids is 3. The lowest BCUT2D eigenvalue weighted by Crippen LogP contribution is -2.67. The molecule has 0 aromatic heterocycles. The zero-order chi connectivity index (χ0) is 34.0. The molecule has 5 heterocycles. The van der Waals surface area contributed by atoms with Gasteiger partial charge in [-0.15, -0.1) is 0 Å². The van der Waals surface area contributed by atoms with Crippen molar-refractivity contribution in [1.29, 1.82) is 0 Å². The number of allylic oxidation sites excluding steroid dienone is 4.